The number of benzene rings is 1. The Labute approximate surface area is 193 Å². The molecule has 5 rings (SSSR count). The maximum Gasteiger partial charge on any atom is 0.251 e. The molecule has 1 aliphatic heterocycles. The minimum Gasteiger partial charge on any atom is -0.355 e. The van der Waals surface area contributed by atoms with Crippen LogP contribution in [0, 0.1) is 0 Å². The third-order valence-corrected chi connectivity index (χ3v) is 6.45. The maximum absolute atomic E-state index is 12.2. The molecule has 0 atom stereocenters. The molecule has 0 aliphatic carbocycles. The predicted octanol–water partition coefficient (Wildman–Crippen LogP) is 3.40. The average Bonchev–Trinajstić information content (AvgIpc) is 3.44. The van der Waals surface area contributed by atoms with Crippen molar-refractivity contribution < 1.29 is 4.79 Å². The lowest BCUT2D eigenvalue weighted by Crippen LogP contribution is -2.41. The summed E-state index contributed by atoms with van der Waals surface area (Å²) in [6.45, 7) is 8.19. The lowest BCUT2D eigenvalue weighted by Gasteiger charge is -2.32. The van der Waals surface area contributed by atoms with Gasteiger partial charge in [-0.1, -0.05) is 0 Å². The predicted molar refractivity (Wildman–Crippen MR) is 129 cm³/mol. The van der Waals surface area contributed by atoms with Gasteiger partial charge in [-0.15, -0.1) is 0 Å². The maximum atomic E-state index is 12.2. The number of pyridine rings is 1. The third kappa shape index (κ3) is 3.55. The van der Waals surface area contributed by atoms with Crippen LogP contribution in [0.25, 0.3) is 22.4 Å². The van der Waals surface area contributed by atoms with Crippen molar-refractivity contribution >= 4 is 22.8 Å². The molecule has 4 heterocycles. The number of nitrogens with zero attached hydrogens (tertiary/aromatic N) is 6. The van der Waals surface area contributed by atoms with Gasteiger partial charge in [0.1, 0.15) is 11.6 Å². The normalized spacial score (nSPS) is 14.6. The topological polar surface area (TPSA) is 80.9 Å². The van der Waals surface area contributed by atoms with Gasteiger partial charge in [0, 0.05) is 49.7 Å². The number of carbonyl (C=O) groups excluding carboxylic acids is 1. The number of amides is 1. The van der Waals surface area contributed by atoms with E-state index in [2.05, 4.69) is 46.7 Å². The Kier molecular flexibility index (Phi) is 4.96. The van der Waals surface area contributed by atoms with Crippen molar-refractivity contribution in [3.8, 4) is 11.4 Å². The fraction of sp³-hybridized carbons (Fsp3) is 0.360. The molecule has 0 radical (unpaired) electrons. The quantitative estimate of drug-likeness (QED) is 0.511. The number of hydrogen-bond donors (Lipinski definition) is 1. The van der Waals surface area contributed by atoms with Gasteiger partial charge in [0.25, 0.3) is 5.91 Å². The van der Waals surface area contributed by atoms with E-state index in [0.717, 1.165) is 46.9 Å². The molecule has 0 saturated heterocycles. The Morgan fingerprint density at radius 3 is 2.73 bits per heavy atom. The monoisotopic (exact) mass is 443 g/mol. The molecule has 0 fully saturated rings. The summed E-state index contributed by atoms with van der Waals surface area (Å²) in [5.74, 6) is 1.76. The van der Waals surface area contributed by atoms with Gasteiger partial charge in [0.2, 0.25) is 0 Å². The number of likely N-dealkylation sites (N-methyl/N-ethyl adjacent to an activating group) is 1. The molecule has 0 unspecified atom stereocenters. The highest BCUT2D eigenvalue weighted by molar-refractivity contribution is 5.97. The Morgan fingerprint density at radius 2 is 2.03 bits per heavy atom. The average molecular weight is 444 g/mol. The van der Waals surface area contributed by atoms with Crippen LogP contribution in [-0.2, 0) is 20.0 Å². The van der Waals surface area contributed by atoms with Crippen LogP contribution in [0.5, 0.6) is 0 Å². The van der Waals surface area contributed by atoms with Crippen molar-refractivity contribution in [1.82, 2.24) is 29.6 Å². The Balaban J connectivity index is 1.65. The minimum absolute atomic E-state index is 0.0409. The molecule has 8 heteroatoms. The Morgan fingerprint density at radius 1 is 1.21 bits per heavy atom. The SMILES string of the molecule is CCN1c2ncc(-c3nc4cc(C(=O)NC)ccc4n3Cc3ccn(C)n3)cc2CC1(C)C. The van der Waals surface area contributed by atoms with Crippen molar-refractivity contribution in [3.63, 3.8) is 0 Å². The molecule has 1 amide bonds. The lowest BCUT2D eigenvalue weighted by molar-refractivity contribution is 0.0963. The Hall–Kier alpha value is -3.68. The van der Waals surface area contributed by atoms with Gasteiger partial charge in [0.05, 0.1) is 23.3 Å². The first-order valence-corrected chi connectivity index (χ1v) is 11.3. The van der Waals surface area contributed by atoms with Gasteiger partial charge < -0.3 is 14.8 Å². The van der Waals surface area contributed by atoms with Gasteiger partial charge in [-0.25, -0.2) is 9.97 Å². The molecule has 170 valence electrons. The largest absolute Gasteiger partial charge is 0.355 e. The standard InChI is InChI=1S/C25H29N7O/c1-6-32-22-17(13-25(32,2)3)11-18(14-27-22)23-28-20-12-16(24(33)26-4)7-8-21(20)31(23)15-19-9-10-30(5)29-19/h7-12,14H,6,13,15H2,1-5H3,(H,26,33). The molecule has 4 aromatic rings. The van der Waals surface area contributed by atoms with Gasteiger partial charge in [-0.05, 0) is 63.1 Å². The fourth-order valence-electron chi connectivity index (χ4n) is 4.93. The molecule has 3 aromatic heterocycles. The highest BCUT2D eigenvalue weighted by atomic mass is 16.1. The second-order valence-corrected chi connectivity index (χ2v) is 9.23. The number of fused-ring (bicyclic) bond motifs is 2. The van der Waals surface area contributed by atoms with E-state index in [1.165, 1.54) is 5.56 Å². The van der Waals surface area contributed by atoms with Crippen molar-refractivity contribution in [2.75, 3.05) is 18.5 Å². The smallest absolute Gasteiger partial charge is 0.251 e. The van der Waals surface area contributed by atoms with Crippen LogP contribution in [0.4, 0.5) is 5.82 Å². The third-order valence-electron chi connectivity index (χ3n) is 6.45. The van der Waals surface area contributed by atoms with Crippen molar-refractivity contribution in [3.05, 3.63) is 59.5 Å². The Bertz CT molecular complexity index is 1360. The first-order chi connectivity index (χ1) is 15.8. The zero-order valence-electron chi connectivity index (χ0n) is 19.8. The number of aromatic nitrogens is 5. The summed E-state index contributed by atoms with van der Waals surface area (Å²) in [6.07, 6.45) is 4.80. The summed E-state index contributed by atoms with van der Waals surface area (Å²) in [4.78, 5) is 24.4. The fourth-order valence-corrected chi connectivity index (χ4v) is 4.93. The number of anilines is 1. The number of imidazole rings is 1. The van der Waals surface area contributed by atoms with E-state index < -0.39 is 0 Å². The van der Waals surface area contributed by atoms with Crippen LogP contribution < -0.4 is 10.2 Å². The summed E-state index contributed by atoms with van der Waals surface area (Å²) < 4.78 is 3.96. The summed E-state index contributed by atoms with van der Waals surface area (Å²) >= 11 is 0. The summed E-state index contributed by atoms with van der Waals surface area (Å²) in [7, 11) is 3.55. The van der Waals surface area contributed by atoms with E-state index in [4.69, 9.17) is 9.97 Å². The van der Waals surface area contributed by atoms with E-state index in [0.29, 0.717) is 12.1 Å². The molecular formula is C25H29N7O. The van der Waals surface area contributed by atoms with Gasteiger partial charge >= 0.3 is 0 Å². The van der Waals surface area contributed by atoms with Crippen LogP contribution in [-0.4, -0.2) is 49.4 Å². The molecule has 1 aromatic carbocycles. The van der Waals surface area contributed by atoms with Crippen LogP contribution >= 0.6 is 0 Å². The second kappa shape index (κ2) is 7.72. The van der Waals surface area contributed by atoms with Gasteiger partial charge in [-0.3, -0.25) is 9.48 Å². The van der Waals surface area contributed by atoms with Crippen LogP contribution in [0.3, 0.4) is 0 Å². The highest BCUT2D eigenvalue weighted by Crippen LogP contribution is 2.39. The van der Waals surface area contributed by atoms with Crippen molar-refractivity contribution in [1.29, 1.82) is 0 Å². The van der Waals surface area contributed by atoms with Crippen LogP contribution in [0.2, 0.25) is 0 Å². The lowest BCUT2D eigenvalue weighted by atomic mass is 9.99. The molecule has 0 saturated carbocycles. The molecule has 33 heavy (non-hydrogen) atoms. The first kappa shape index (κ1) is 21.2. The summed E-state index contributed by atoms with van der Waals surface area (Å²) in [5.41, 5.74) is 5.52. The molecule has 1 N–H and O–H groups in total. The highest BCUT2D eigenvalue weighted by Gasteiger charge is 2.36. The molecule has 1 aliphatic rings. The number of nitrogens with one attached hydrogen (secondary N) is 1. The van der Waals surface area contributed by atoms with E-state index >= 15 is 0 Å². The van der Waals surface area contributed by atoms with Gasteiger partial charge in [0.15, 0.2) is 0 Å². The molecule has 0 spiro atoms. The van der Waals surface area contributed by atoms with Crippen molar-refractivity contribution in [2.45, 2.75) is 39.3 Å². The molecule has 8 nitrogen and oxygen atoms in total. The van der Waals surface area contributed by atoms with Crippen LogP contribution in [0.15, 0.2) is 42.7 Å². The van der Waals surface area contributed by atoms with E-state index in [1.54, 1.807) is 11.7 Å². The summed E-state index contributed by atoms with van der Waals surface area (Å²) in [5, 5.41) is 7.25. The zero-order valence-corrected chi connectivity index (χ0v) is 19.8. The van der Waals surface area contributed by atoms with Gasteiger partial charge in [-0.2, -0.15) is 5.10 Å². The van der Waals surface area contributed by atoms with E-state index in [9.17, 15) is 4.79 Å². The minimum atomic E-state index is -0.126. The number of hydrogen-bond acceptors (Lipinski definition) is 5. The van der Waals surface area contributed by atoms with Crippen LogP contribution in [0.1, 0.15) is 42.4 Å². The molecule has 0 bridgehead atoms. The number of carbonyl (C=O) groups is 1. The second-order valence-electron chi connectivity index (χ2n) is 9.23. The first-order valence-electron chi connectivity index (χ1n) is 11.3. The van der Waals surface area contributed by atoms with E-state index in [1.807, 2.05) is 43.7 Å². The number of rotatable bonds is 5. The number of aryl methyl sites for hydroxylation is 1. The zero-order chi connectivity index (χ0) is 23.3. The summed E-state index contributed by atoms with van der Waals surface area (Å²) in [6, 6.07) is 9.87. The molecular weight excluding hydrogens is 414 g/mol. The van der Waals surface area contributed by atoms with Crippen molar-refractivity contribution in [2.24, 2.45) is 7.05 Å². The van der Waals surface area contributed by atoms with E-state index in [-0.39, 0.29) is 11.4 Å².